The first-order valence-electron chi connectivity index (χ1n) is 6.52. The average Bonchev–Trinajstić information content (AvgIpc) is 2.27. The van der Waals surface area contributed by atoms with Gasteiger partial charge in [-0.1, -0.05) is 26.7 Å². The largest absolute Gasteiger partial charge is 0.315 e. The molecular formula is C13H28N2. The first-order valence-corrected chi connectivity index (χ1v) is 6.52. The lowest BCUT2D eigenvalue weighted by atomic mass is 10.0. The molecule has 2 nitrogen and oxygen atoms in total. The molecule has 1 atom stereocenters. The zero-order valence-electron chi connectivity index (χ0n) is 11.0. The Balaban J connectivity index is 2.47. The fraction of sp³-hybridized carbons (Fsp3) is 1.00. The van der Waals surface area contributed by atoms with Gasteiger partial charge in [-0.25, -0.2) is 0 Å². The summed E-state index contributed by atoms with van der Waals surface area (Å²) in [5, 5.41) is 3.57. The lowest BCUT2D eigenvalue weighted by Gasteiger charge is -2.37. The summed E-state index contributed by atoms with van der Waals surface area (Å²) >= 11 is 0. The molecule has 0 spiro atoms. The predicted octanol–water partition coefficient (Wildman–Crippen LogP) is 2.50. The van der Waals surface area contributed by atoms with Gasteiger partial charge in [0, 0.05) is 18.6 Å². The Morgan fingerprint density at radius 1 is 1.33 bits per heavy atom. The minimum absolute atomic E-state index is 0.332. The summed E-state index contributed by atoms with van der Waals surface area (Å²) in [6.45, 7) is 14.2. The van der Waals surface area contributed by atoms with Crippen molar-refractivity contribution in [3.63, 3.8) is 0 Å². The second-order valence-electron chi connectivity index (χ2n) is 5.70. The maximum absolute atomic E-state index is 3.57. The zero-order valence-corrected chi connectivity index (χ0v) is 11.0. The number of unbranched alkanes of at least 4 members (excludes halogenated alkanes) is 2. The van der Waals surface area contributed by atoms with Crippen molar-refractivity contribution in [2.75, 3.05) is 26.2 Å². The molecule has 0 saturated carbocycles. The molecule has 0 aliphatic carbocycles. The smallest absolute Gasteiger partial charge is 0.0277 e. The quantitative estimate of drug-likeness (QED) is 0.720. The fourth-order valence-corrected chi connectivity index (χ4v) is 2.37. The van der Waals surface area contributed by atoms with Crippen molar-refractivity contribution in [1.29, 1.82) is 0 Å². The van der Waals surface area contributed by atoms with E-state index in [1.54, 1.807) is 0 Å². The second kappa shape index (κ2) is 5.86. The van der Waals surface area contributed by atoms with Gasteiger partial charge >= 0.3 is 0 Å². The molecule has 0 bridgehead atoms. The van der Waals surface area contributed by atoms with Crippen LogP contribution < -0.4 is 5.32 Å². The molecule has 90 valence electrons. The van der Waals surface area contributed by atoms with Crippen LogP contribution in [-0.2, 0) is 0 Å². The molecule has 1 fully saturated rings. The van der Waals surface area contributed by atoms with E-state index in [1.807, 2.05) is 0 Å². The highest BCUT2D eigenvalue weighted by Gasteiger charge is 2.29. The minimum Gasteiger partial charge on any atom is -0.315 e. The first kappa shape index (κ1) is 13.0. The van der Waals surface area contributed by atoms with E-state index in [9.17, 15) is 0 Å². The van der Waals surface area contributed by atoms with Gasteiger partial charge in [0.2, 0.25) is 0 Å². The summed E-state index contributed by atoms with van der Waals surface area (Å²) in [6, 6.07) is 0. The molecular weight excluding hydrogens is 184 g/mol. The van der Waals surface area contributed by atoms with Crippen LogP contribution >= 0.6 is 0 Å². The standard InChI is InChI=1S/C13H28N2/c1-5-6-7-8-15-10-12(2)9-14-11-13(15,3)4/h12,14H,5-11H2,1-4H3. The molecule has 1 saturated heterocycles. The van der Waals surface area contributed by atoms with E-state index in [2.05, 4.69) is 37.9 Å². The molecule has 1 N–H and O–H groups in total. The van der Waals surface area contributed by atoms with Gasteiger partial charge in [-0.05, 0) is 39.3 Å². The van der Waals surface area contributed by atoms with Crippen molar-refractivity contribution in [2.24, 2.45) is 5.92 Å². The normalized spacial score (nSPS) is 27.6. The molecule has 0 aromatic heterocycles. The molecule has 1 heterocycles. The lowest BCUT2D eigenvalue weighted by Crippen LogP contribution is -2.49. The average molecular weight is 212 g/mol. The van der Waals surface area contributed by atoms with Crippen LogP contribution in [0.2, 0.25) is 0 Å². The molecule has 2 heteroatoms. The number of nitrogens with one attached hydrogen (secondary N) is 1. The summed E-state index contributed by atoms with van der Waals surface area (Å²) in [6.07, 6.45) is 4.04. The molecule has 15 heavy (non-hydrogen) atoms. The summed E-state index contributed by atoms with van der Waals surface area (Å²) in [7, 11) is 0. The maximum Gasteiger partial charge on any atom is 0.0277 e. The highest BCUT2D eigenvalue weighted by molar-refractivity contribution is 4.88. The third-order valence-electron chi connectivity index (χ3n) is 3.47. The molecule has 0 radical (unpaired) electrons. The van der Waals surface area contributed by atoms with Crippen LogP contribution in [0, 0.1) is 5.92 Å². The van der Waals surface area contributed by atoms with Crippen molar-refractivity contribution < 1.29 is 0 Å². The van der Waals surface area contributed by atoms with E-state index >= 15 is 0 Å². The van der Waals surface area contributed by atoms with Crippen LogP contribution in [0.4, 0.5) is 0 Å². The zero-order chi connectivity index (χ0) is 11.3. The topological polar surface area (TPSA) is 15.3 Å². The van der Waals surface area contributed by atoms with Crippen molar-refractivity contribution >= 4 is 0 Å². The van der Waals surface area contributed by atoms with E-state index in [4.69, 9.17) is 0 Å². The van der Waals surface area contributed by atoms with Gasteiger partial charge in [0.25, 0.3) is 0 Å². The van der Waals surface area contributed by atoms with Crippen LogP contribution in [0.25, 0.3) is 0 Å². The maximum atomic E-state index is 3.57. The molecule has 0 aromatic carbocycles. The summed E-state index contributed by atoms with van der Waals surface area (Å²) in [4.78, 5) is 2.67. The number of hydrogen-bond donors (Lipinski definition) is 1. The van der Waals surface area contributed by atoms with E-state index in [0.29, 0.717) is 5.54 Å². The van der Waals surface area contributed by atoms with Gasteiger partial charge < -0.3 is 5.32 Å². The number of nitrogens with zero attached hydrogens (tertiary/aromatic N) is 1. The van der Waals surface area contributed by atoms with E-state index in [0.717, 1.165) is 12.5 Å². The SMILES string of the molecule is CCCCCN1CC(C)CNCC1(C)C. The highest BCUT2D eigenvalue weighted by atomic mass is 15.2. The van der Waals surface area contributed by atoms with Gasteiger partial charge in [-0.15, -0.1) is 0 Å². The monoisotopic (exact) mass is 212 g/mol. The first-order chi connectivity index (χ1) is 7.06. The minimum atomic E-state index is 0.332. The Labute approximate surface area is 95.4 Å². The Morgan fingerprint density at radius 2 is 2.07 bits per heavy atom. The molecule has 1 unspecified atom stereocenters. The van der Waals surface area contributed by atoms with E-state index in [1.165, 1.54) is 38.9 Å². The van der Waals surface area contributed by atoms with Crippen LogP contribution in [-0.4, -0.2) is 36.6 Å². The molecule has 0 amide bonds. The van der Waals surface area contributed by atoms with Crippen molar-refractivity contribution in [3.05, 3.63) is 0 Å². The molecule has 1 aliphatic heterocycles. The Hall–Kier alpha value is -0.0800. The van der Waals surface area contributed by atoms with Crippen molar-refractivity contribution in [3.8, 4) is 0 Å². The van der Waals surface area contributed by atoms with E-state index < -0.39 is 0 Å². The van der Waals surface area contributed by atoms with Crippen LogP contribution in [0.1, 0.15) is 47.0 Å². The van der Waals surface area contributed by atoms with Gasteiger partial charge in [-0.2, -0.15) is 0 Å². The third kappa shape index (κ3) is 4.12. The number of rotatable bonds is 4. The summed E-state index contributed by atoms with van der Waals surface area (Å²) in [5.41, 5.74) is 0.332. The highest BCUT2D eigenvalue weighted by Crippen LogP contribution is 2.19. The van der Waals surface area contributed by atoms with Gasteiger partial charge in [0.1, 0.15) is 0 Å². The van der Waals surface area contributed by atoms with Crippen LogP contribution in [0.15, 0.2) is 0 Å². The van der Waals surface area contributed by atoms with E-state index in [-0.39, 0.29) is 0 Å². The van der Waals surface area contributed by atoms with Crippen LogP contribution in [0.3, 0.4) is 0 Å². The predicted molar refractivity (Wildman–Crippen MR) is 67.2 cm³/mol. The lowest BCUT2D eigenvalue weighted by molar-refractivity contribution is 0.120. The van der Waals surface area contributed by atoms with Crippen molar-refractivity contribution in [1.82, 2.24) is 10.2 Å². The Morgan fingerprint density at radius 3 is 2.73 bits per heavy atom. The Bertz CT molecular complexity index is 177. The fourth-order valence-electron chi connectivity index (χ4n) is 2.37. The third-order valence-corrected chi connectivity index (χ3v) is 3.47. The van der Waals surface area contributed by atoms with Gasteiger partial charge in [0.15, 0.2) is 0 Å². The Kier molecular flexibility index (Phi) is 5.07. The molecule has 0 aromatic rings. The van der Waals surface area contributed by atoms with Crippen molar-refractivity contribution in [2.45, 2.75) is 52.5 Å². The van der Waals surface area contributed by atoms with Crippen LogP contribution in [0.5, 0.6) is 0 Å². The summed E-state index contributed by atoms with van der Waals surface area (Å²) in [5.74, 6) is 0.786. The molecule has 1 rings (SSSR count). The second-order valence-corrected chi connectivity index (χ2v) is 5.70. The van der Waals surface area contributed by atoms with Gasteiger partial charge in [0.05, 0.1) is 0 Å². The summed E-state index contributed by atoms with van der Waals surface area (Å²) < 4.78 is 0. The molecule has 1 aliphatic rings. The van der Waals surface area contributed by atoms with Gasteiger partial charge in [-0.3, -0.25) is 4.90 Å². The number of hydrogen-bond acceptors (Lipinski definition) is 2.